The fraction of sp³-hybridized carbons (Fsp3) is 0.342. The minimum Gasteiger partial charge on any atom is -0.492 e. The van der Waals surface area contributed by atoms with Crippen LogP contribution in [-0.4, -0.2) is 71.9 Å². The predicted octanol–water partition coefficient (Wildman–Crippen LogP) is 5.07. The van der Waals surface area contributed by atoms with Crippen LogP contribution in [0.2, 0.25) is 0 Å². The molecule has 1 aliphatic carbocycles. The topological polar surface area (TPSA) is 120 Å². The molecular formula is C38H38F2N8O4. The molecule has 2 fully saturated rings. The van der Waals surface area contributed by atoms with Crippen LogP contribution in [0.1, 0.15) is 60.9 Å². The summed E-state index contributed by atoms with van der Waals surface area (Å²) < 4.78 is 38.2. The summed E-state index contributed by atoms with van der Waals surface area (Å²) in [6.07, 6.45) is 9.59. The highest BCUT2D eigenvalue weighted by molar-refractivity contribution is 5.92. The average Bonchev–Trinajstić information content (AvgIpc) is 3.83. The predicted molar refractivity (Wildman–Crippen MR) is 191 cm³/mol. The summed E-state index contributed by atoms with van der Waals surface area (Å²) in [6.45, 7) is 3.71. The molecule has 5 heterocycles. The van der Waals surface area contributed by atoms with Gasteiger partial charge in [0, 0.05) is 31.0 Å². The third-order valence-corrected chi connectivity index (χ3v) is 10.2. The molecule has 1 N–H and O–H groups in total. The van der Waals surface area contributed by atoms with Crippen molar-refractivity contribution >= 4 is 23.0 Å². The second-order valence-corrected chi connectivity index (χ2v) is 13.6. The number of fused-ring (bicyclic) bond motifs is 2. The lowest BCUT2D eigenvalue weighted by atomic mass is 9.90. The van der Waals surface area contributed by atoms with Crippen LogP contribution in [0.3, 0.4) is 0 Å². The van der Waals surface area contributed by atoms with Crippen molar-refractivity contribution in [2.45, 2.75) is 57.3 Å². The number of imidazole rings is 1. The highest BCUT2D eigenvalue weighted by atomic mass is 19.2. The maximum atomic E-state index is 14.5. The van der Waals surface area contributed by atoms with Crippen molar-refractivity contribution < 1.29 is 18.4 Å². The van der Waals surface area contributed by atoms with Gasteiger partial charge in [-0.2, -0.15) is 5.12 Å². The summed E-state index contributed by atoms with van der Waals surface area (Å²) in [5, 5.41) is 3.49. The number of carbonyl (C=O) groups is 1. The number of benzene rings is 2. The van der Waals surface area contributed by atoms with E-state index >= 15 is 0 Å². The van der Waals surface area contributed by atoms with Gasteiger partial charge in [-0.15, -0.1) is 0 Å². The number of pyridine rings is 1. The fourth-order valence-electron chi connectivity index (χ4n) is 7.47. The van der Waals surface area contributed by atoms with Gasteiger partial charge < -0.3 is 14.6 Å². The van der Waals surface area contributed by atoms with Gasteiger partial charge in [-0.1, -0.05) is 28.7 Å². The molecule has 0 spiro atoms. The van der Waals surface area contributed by atoms with E-state index in [1.807, 2.05) is 42.5 Å². The van der Waals surface area contributed by atoms with Gasteiger partial charge in [0.25, 0.3) is 11.5 Å². The molecule has 8 rings (SSSR count). The molecule has 12 nitrogen and oxygen atoms in total. The van der Waals surface area contributed by atoms with Crippen LogP contribution in [0.4, 0.5) is 8.87 Å². The van der Waals surface area contributed by atoms with E-state index in [2.05, 4.69) is 20.2 Å². The van der Waals surface area contributed by atoms with E-state index in [0.717, 1.165) is 48.8 Å². The van der Waals surface area contributed by atoms with Crippen molar-refractivity contribution in [3.8, 4) is 22.6 Å². The van der Waals surface area contributed by atoms with Crippen molar-refractivity contribution in [2.24, 2.45) is 0 Å². The number of amides is 1. The molecule has 2 aromatic carbocycles. The molecule has 0 unspecified atom stereocenters. The Morgan fingerprint density at radius 1 is 0.981 bits per heavy atom. The van der Waals surface area contributed by atoms with Crippen molar-refractivity contribution in [2.75, 3.05) is 26.2 Å². The van der Waals surface area contributed by atoms with Gasteiger partial charge in [0.1, 0.15) is 36.4 Å². The summed E-state index contributed by atoms with van der Waals surface area (Å²) >= 11 is 0. The largest absolute Gasteiger partial charge is 0.492 e. The number of hydrogen-bond donors (Lipinski definition) is 1. The first-order chi connectivity index (χ1) is 25.3. The van der Waals surface area contributed by atoms with Crippen LogP contribution in [0.15, 0.2) is 82.8 Å². The molecule has 268 valence electrons. The Kier molecular flexibility index (Phi) is 9.14. The lowest BCUT2D eigenvalue weighted by molar-refractivity contribution is 0.0492. The van der Waals surface area contributed by atoms with Crippen LogP contribution < -0.4 is 21.3 Å². The Labute approximate surface area is 297 Å². The van der Waals surface area contributed by atoms with Crippen LogP contribution in [0, 0.1) is 5.82 Å². The van der Waals surface area contributed by atoms with E-state index in [4.69, 9.17) is 4.74 Å². The van der Waals surface area contributed by atoms with Gasteiger partial charge in [0.05, 0.1) is 17.3 Å². The summed E-state index contributed by atoms with van der Waals surface area (Å²) in [7, 11) is 0. The van der Waals surface area contributed by atoms with Crippen molar-refractivity contribution in [1.82, 2.24) is 39.0 Å². The van der Waals surface area contributed by atoms with Gasteiger partial charge in [-0.3, -0.25) is 19.1 Å². The summed E-state index contributed by atoms with van der Waals surface area (Å²) in [5.74, 6) is 0.203. The second-order valence-electron chi connectivity index (χ2n) is 13.6. The molecular weight excluding hydrogens is 670 g/mol. The summed E-state index contributed by atoms with van der Waals surface area (Å²) in [5.41, 5.74) is 1.32. The van der Waals surface area contributed by atoms with Crippen LogP contribution in [0.5, 0.6) is 5.75 Å². The summed E-state index contributed by atoms with van der Waals surface area (Å²) in [6, 6.07) is 15.6. The van der Waals surface area contributed by atoms with Crippen LogP contribution >= 0.6 is 0 Å². The molecule has 3 aromatic heterocycles. The van der Waals surface area contributed by atoms with E-state index in [1.54, 1.807) is 10.6 Å². The molecule has 2 aliphatic heterocycles. The Morgan fingerprint density at radius 2 is 1.77 bits per heavy atom. The number of ether oxygens (including phenoxy) is 1. The average molecular weight is 709 g/mol. The lowest BCUT2D eigenvalue weighted by Gasteiger charge is -2.30. The van der Waals surface area contributed by atoms with Crippen LogP contribution in [0.25, 0.3) is 33.9 Å². The molecule has 5 aromatic rings. The van der Waals surface area contributed by atoms with Gasteiger partial charge >= 0.3 is 5.69 Å². The number of nitrogens with zero attached hydrogens (tertiary/aromatic N) is 7. The molecule has 0 atom stereocenters. The van der Waals surface area contributed by atoms with Gasteiger partial charge in [0.2, 0.25) is 0 Å². The number of aromatic nitrogens is 5. The molecule has 52 heavy (non-hydrogen) atoms. The molecule has 3 aliphatic rings. The first-order valence-corrected chi connectivity index (χ1v) is 17.7. The first-order valence-electron chi connectivity index (χ1n) is 17.7. The highest BCUT2D eigenvalue weighted by Gasteiger charge is 2.29. The first kappa shape index (κ1) is 33.5. The van der Waals surface area contributed by atoms with E-state index in [0.29, 0.717) is 48.9 Å². The van der Waals surface area contributed by atoms with Crippen molar-refractivity contribution in [1.29, 1.82) is 0 Å². The molecule has 1 amide bonds. The number of carbonyl (C=O) groups excluding carboxylic acids is 1. The smallest absolute Gasteiger partial charge is 0.337 e. The molecule has 14 heteroatoms. The third kappa shape index (κ3) is 6.73. The second kappa shape index (κ2) is 14.2. The van der Waals surface area contributed by atoms with Crippen molar-refractivity contribution in [3.05, 3.63) is 111 Å². The number of nitrogens with one attached hydrogen (secondary N) is 1. The summed E-state index contributed by atoms with van der Waals surface area (Å²) in [4.78, 5) is 52.0. The van der Waals surface area contributed by atoms with Crippen molar-refractivity contribution in [3.63, 3.8) is 0 Å². The molecule has 1 saturated heterocycles. The third-order valence-electron chi connectivity index (χ3n) is 10.2. The standard InChI is InChI=1S/C38H38F2N8O4/c39-27-21-32-35(41-22-27)47(30-5-3-4-26(20-30)25-6-12-31(13-7-25)52-19-18-44-15-1-2-16-44)38(51)48(37(32)50)29-10-8-28(9-11-29)42-36(49)33-23-45-24-46(40)17-14-34(45)43-33/h3-7,12-14,17,20-23,28-29H,1-2,8-11,15-16,18-19,24H2,(H,42,49). The minimum atomic E-state index is -0.681. The number of likely N-dealkylation sites (tertiary alicyclic amines) is 1. The minimum absolute atomic E-state index is 0.000468. The zero-order valence-corrected chi connectivity index (χ0v) is 28.5. The molecule has 0 bridgehead atoms. The normalized spacial score (nSPS) is 18.8. The highest BCUT2D eigenvalue weighted by Crippen LogP contribution is 2.29. The van der Waals surface area contributed by atoms with E-state index < -0.39 is 23.1 Å². The SMILES string of the molecule is O=C(NC1CCC(n2c(=O)c3cc(F)cnc3n(-c3cccc(-c4ccc(OCCN5CCCC5)cc4)c3)c2=O)CC1)c1cn2c(n1)C=CN(F)C2. The number of halogens is 2. The van der Waals surface area contributed by atoms with E-state index in [1.165, 1.54) is 40.4 Å². The van der Waals surface area contributed by atoms with E-state index in [9.17, 15) is 23.3 Å². The van der Waals surface area contributed by atoms with E-state index in [-0.39, 0.29) is 35.3 Å². The Balaban J connectivity index is 1.02. The zero-order chi connectivity index (χ0) is 35.8. The quantitative estimate of drug-likeness (QED) is 0.211. The Hall–Kier alpha value is -5.63. The lowest BCUT2D eigenvalue weighted by Crippen LogP contribution is -2.45. The maximum absolute atomic E-state index is 14.5. The number of hydrogen-bond acceptors (Lipinski definition) is 8. The molecule has 1 saturated carbocycles. The Morgan fingerprint density at radius 3 is 2.56 bits per heavy atom. The number of rotatable bonds is 9. The Bertz CT molecular complexity index is 2270. The monoisotopic (exact) mass is 708 g/mol. The van der Waals surface area contributed by atoms with Gasteiger partial charge in [0.15, 0.2) is 5.65 Å². The fourth-order valence-corrected chi connectivity index (χ4v) is 7.47. The van der Waals surface area contributed by atoms with Gasteiger partial charge in [-0.05, 0) is 99.1 Å². The maximum Gasteiger partial charge on any atom is 0.337 e. The van der Waals surface area contributed by atoms with Crippen LogP contribution in [-0.2, 0) is 6.67 Å². The van der Waals surface area contributed by atoms with Gasteiger partial charge in [-0.25, -0.2) is 23.7 Å². The molecule has 0 radical (unpaired) electrons. The zero-order valence-electron chi connectivity index (χ0n) is 28.5.